The molecule has 3 rings (SSSR count). The highest BCUT2D eigenvalue weighted by Gasteiger charge is 2.54. The Balaban J connectivity index is 1.64. The van der Waals surface area contributed by atoms with Crippen LogP contribution in [0, 0.1) is 0 Å². The molecule has 7 heteroatoms. The van der Waals surface area contributed by atoms with E-state index in [1.807, 2.05) is 0 Å². The molecule has 2 atom stereocenters. The number of carbonyl (C=O) groups is 2. The van der Waals surface area contributed by atoms with E-state index in [4.69, 9.17) is 14.2 Å². The summed E-state index contributed by atoms with van der Waals surface area (Å²) in [6, 6.07) is 15.9. The van der Waals surface area contributed by atoms with Crippen molar-refractivity contribution in [2.75, 3.05) is 13.2 Å². The van der Waals surface area contributed by atoms with Crippen molar-refractivity contribution in [3.63, 3.8) is 0 Å². The van der Waals surface area contributed by atoms with Crippen LogP contribution in [-0.2, 0) is 14.2 Å². The summed E-state index contributed by atoms with van der Waals surface area (Å²) in [5.41, 5.74) is 0.435. The molecule has 0 aliphatic carbocycles. The quantitative estimate of drug-likeness (QED) is 0.765. The molecule has 0 spiro atoms. The van der Waals surface area contributed by atoms with Gasteiger partial charge in [-0.15, -0.1) is 0 Å². The van der Waals surface area contributed by atoms with Crippen molar-refractivity contribution in [3.05, 3.63) is 71.8 Å². The maximum atomic E-state index is 14.0. The summed E-state index contributed by atoms with van der Waals surface area (Å²) in [4.78, 5) is 24.0. The molecule has 136 valence electrons. The van der Waals surface area contributed by atoms with E-state index in [2.05, 4.69) is 0 Å². The van der Waals surface area contributed by atoms with Crippen LogP contribution < -0.4 is 0 Å². The second-order valence-corrected chi connectivity index (χ2v) is 5.77. The Morgan fingerprint density at radius 3 is 2.08 bits per heavy atom. The Morgan fingerprint density at radius 1 is 0.962 bits per heavy atom. The van der Waals surface area contributed by atoms with Crippen LogP contribution in [0.15, 0.2) is 60.7 Å². The smallest absolute Gasteiger partial charge is 0.338 e. The second kappa shape index (κ2) is 7.61. The monoisotopic (exact) mass is 362 g/mol. The zero-order chi connectivity index (χ0) is 18.6. The summed E-state index contributed by atoms with van der Waals surface area (Å²) in [5.74, 6) is -4.92. The van der Waals surface area contributed by atoms with E-state index in [0.717, 1.165) is 0 Å². The SMILES string of the molecule is O=C(OC[C@H]1OCC(F)(F)[C@@H]1OC(=O)c1ccccc1)c1ccccc1. The molecular weight excluding hydrogens is 346 g/mol. The third kappa shape index (κ3) is 4.05. The molecule has 0 N–H and O–H groups in total. The minimum Gasteiger partial charge on any atom is -0.459 e. The van der Waals surface area contributed by atoms with E-state index in [0.29, 0.717) is 0 Å². The molecule has 1 fully saturated rings. The molecule has 1 aliphatic heterocycles. The molecular formula is C19H16F2O5. The summed E-state index contributed by atoms with van der Waals surface area (Å²) in [6.07, 6.45) is -3.08. The van der Waals surface area contributed by atoms with Crippen molar-refractivity contribution >= 4 is 11.9 Å². The minimum absolute atomic E-state index is 0.148. The Labute approximate surface area is 148 Å². The molecule has 2 aromatic rings. The number of alkyl halides is 2. The van der Waals surface area contributed by atoms with Gasteiger partial charge in [-0.05, 0) is 24.3 Å². The Kier molecular flexibility index (Phi) is 5.27. The van der Waals surface area contributed by atoms with Gasteiger partial charge in [0.05, 0.1) is 11.1 Å². The number of ether oxygens (including phenoxy) is 3. The minimum atomic E-state index is -3.37. The molecule has 0 radical (unpaired) electrons. The van der Waals surface area contributed by atoms with Crippen LogP contribution >= 0.6 is 0 Å². The number of carbonyl (C=O) groups excluding carboxylic acids is 2. The van der Waals surface area contributed by atoms with Crippen LogP contribution in [0.4, 0.5) is 8.78 Å². The first kappa shape index (κ1) is 18.0. The fraction of sp³-hybridized carbons (Fsp3) is 0.263. The second-order valence-electron chi connectivity index (χ2n) is 5.77. The van der Waals surface area contributed by atoms with E-state index < -0.39 is 43.3 Å². The summed E-state index contributed by atoms with van der Waals surface area (Å²) in [5, 5.41) is 0. The van der Waals surface area contributed by atoms with Gasteiger partial charge in [0.15, 0.2) is 6.10 Å². The number of rotatable bonds is 5. The zero-order valence-corrected chi connectivity index (χ0v) is 13.6. The van der Waals surface area contributed by atoms with Crippen LogP contribution in [0.25, 0.3) is 0 Å². The van der Waals surface area contributed by atoms with E-state index in [9.17, 15) is 18.4 Å². The van der Waals surface area contributed by atoms with Gasteiger partial charge in [-0.3, -0.25) is 0 Å². The third-order valence-corrected chi connectivity index (χ3v) is 3.88. The van der Waals surface area contributed by atoms with Crippen LogP contribution in [0.3, 0.4) is 0 Å². The number of benzene rings is 2. The molecule has 1 heterocycles. The highest BCUT2D eigenvalue weighted by molar-refractivity contribution is 5.90. The molecule has 26 heavy (non-hydrogen) atoms. The lowest BCUT2D eigenvalue weighted by atomic mass is 10.1. The molecule has 2 aromatic carbocycles. The molecule has 0 aromatic heterocycles. The largest absolute Gasteiger partial charge is 0.459 e. The first-order valence-corrected chi connectivity index (χ1v) is 7.95. The van der Waals surface area contributed by atoms with Crippen molar-refractivity contribution in [1.82, 2.24) is 0 Å². The Bertz CT molecular complexity index is 764. The van der Waals surface area contributed by atoms with Crippen molar-refractivity contribution in [2.45, 2.75) is 18.1 Å². The standard InChI is InChI=1S/C19H16F2O5/c20-19(21)12-25-15(11-24-17(22)13-7-3-1-4-8-13)16(19)26-18(23)14-9-5-2-6-10-14/h1-10,15-16H,11-12H2/t15-,16-/m1/s1. The van der Waals surface area contributed by atoms with Crippen molar-refractivity contribution in [1.29, 1.82) is 0 Å². The number of esters is 2. The van der Waals surface area contributed by atoms with E-state index in [-0.39, 0.29) is 11.1 Å². The predicted octanol–water partition coefficient (Wildman–Crippen LogP) is 3.10. The van der Waals surface area contributed by atoms with E-state index in [1.165, 1.54) is 12.1 Å². The Morgan fingerprint density at radius 2 is 1.50 bits per heavy atom. The van der Waals surface area contributed by atoms with Gasteiger partial charge in [0.25, 0.3) is 0 Å². The lowest BCUT2D eigenvalue weighted by Gasteiger charge is -2.22. The zero-order valence-electron chi connectivity index (χ0n) is 13.6. The average molecular weight is 362 g/mol. The van der Waals surface area contributed by atoms with E-state index >= 15 is 0 Å². The van der Waals surface area contributed by atoms with Crippen LogP contribution in [0.1, 0.15) is 20.7 Å². The summed E-state index contributed by atoms with van der Waals surface area (Å²) < 4.78 is 43.1. The molecule has 0 bridgehead atoms. The number of hydrogen-bond donors (Lipinski definition) is 0. The molecule has 0 amide bonds. The lowest BCUT2D eigenvalue weighted by Crippen LogP contribution is -2.42. The van der Waals surface area contributed by atoms with Gasteiger partial charge in [-0.25, -0.2) is 9.59 Å². The van der Waals surface area contributed by atoms with Gasteiger partial charge in [0, 0.05) is 0 Å². The van der Waals surface area contributed by atoms with Crippen molar-refractivity contribution in [2.24, 2.45) is 0 Å². The lowest BCUT2D eigenvalue weighted by molar-refractivity contribution is -0.0948. The van der Waals surface area contributed by atoms with Crippen molar-refractivity contribution < 1.29 is 32.6 Å². The molecule has 1 saturated heterocycles. The topological polar surface area (TPSA) is 61.8 Å². The highest BCUT2D eigenvalue weighted by atomic mass is 19.3. The molecule has 1 aliphatic rings. The van der Waals surface area contributed by atoms with Crippen LogP contribution in [-0.4, -0.2) is 43.3 Å². The number of halogens is 2. The first-order chi connectivity index (χ1) is 12.5. The highest BCUT2D eigenvalue weighted by Crippen LogP contribution is 2.33. The fourth-order valence-electron chi connectivity index (χ4n) is 2.53. The molecule has 0 saturated carbocycles. The van der Waals surface area contributed by atoms with Crippen LogP contribution in [0.5, 0.6) is 0 Å². The van der Waals surface area contributed by atoms with Crippen molar-refractivity contribution in [3.8, 4) is 0 Å². The van der Waals surface area contributed by atoms with E-state index in [1.54, 1.807) is 48.5 Å². The summed E-state index contributed by atoms with van der Waals surface area (Å²) in [7, 11) is 0. The summed E-state index contributed by atoms with van der Waals surface area (Å²) in [6.45, 7) is -1.36. The van der Waals surface area contributed by atoms with Gasteiger partial charge in [0.1, 0.15) is 19.3 Å². The average Bonchev–Trinajstić information content (AvgIpc) is 2.95. The maximum absolute atomic E-state index is 14.0. The third-order valence-electron chi connectivity index (χ3n) is 3.88. The summed E-state index contributed by atoms with van der Waals surface area (Å²) >= 11 is 0. The van der Waals surface area contributed by atoms with Gasteiger partial charge in [0.2, 0.25) is 0 Å². The molecule has 5 nitrogen and oxygen atoms in total. The number of hydrogen-bond acceptors (Lipinski definition) is 5. The van der Waals surface area contributed by atoms with Gasteiger partial charge < -0.3 is 14.2 Å². The maximum Gasteiger partial charge on any atom is 0.338 e. The normalized spacial score (nSPS) is 21.2. The van der Waals surface area contributed by atoms with Gasteiger partial charge in [-0.2, -0.15) is 8.78 Å². The Hall–Kier alpha value is -2.80. The first-order valence-electron chi connectivity index (χ1n) is 7.95. The fourth-order valence-corrected chi connectivity index (χ4v) is 2.53. The van der Waals surface area contributed by atoms with Crippen LogP contribution in [0.2, 0.25) is 0 Å². The predicted molar refractivity (Wildman–Crippen MR) is 87.1 cm³/mol. The van der Waals surface area contributed by atoms with Gasteiger partial charge >= 0.3 is 17.9 Å². The molecule has 0 unspecified atom stereocenters. The van der Waals surface area contributed by atoms with Gasteiger partial charge in [-0.1, -0.05) is 36.4 Å².